The van der Waals surface area contributed by atoms with Crippen LogP contribution >= 0.6 is 0 Å². The van der Waals surface area contributed by atoms with Crippen LogP contribution in [0, 0.1) is 0 Å². The maximum atomic E-state index is 10.7. The second kappa shape index (κ2) is 10.2. The highest BCUT2D eigenvalue weighted by atomic mass is 16.7. The van der Waals surface area contributed by atoms with E-state index in [1.807, 2.05) is 0 Å². The molecular formula is C12H18O6. The minimum Gasteiger partial charge on any atom is -0.450 e. The Labute approximate surface area is 106 Å². The van der Waals surface area contributed by atoms with Crippen molar-refractivity contribution in [2.75, 3.05) is 6.61 Å². The lowest BCUT2D eigenvalue weighted by Crippen LogP contribution is -2.14. The zero-order valence-corrected chi connectivity index (χ0v) is 10.2. The Hall–Kier alpha value is -1.98. The zero-order chi connectivity index (χ0) is 13.8. The first-order valence-electron chi connectivity index (χ1n) is 5.56. The molecule has 0 saturated carbocycles. The predicted molar refractivity (Wildman–Crippen MR) is 64.2 cm³/mol. The standard InChI is InChI=1S/C12H18O6/c1-3-10(18-11(13)14)8-6-5-7-9-17-12(15)16-4-2/h3-4,10H,1-2,5-9H2,(H,13,14). The lowest BCUT2D eigenvalue weighted by Gasteiger charge is -2.10. The first-order chi connectivity index (χ1) is 8.60. The number of rotatable bonds is 9. The Morgan fingerprint density at radius 2 is 1.94 bits per heavy atom. The molecule has 102 valence electrons. The second-order valence-corrected chi connectivity index (χ2v) is 3.39. The molecule has 0 heterocycles. The molecule has 0 aromatic heterocycles. The van der Waals surface area contributed by atoms with Crippen LogP contribution < -0.4 is 0 Å². The minimum absolute atomic E-state index is 0.255. The Balaban J connectivity index is 3.49. The van der Waals surface area contributed by atoms with Crippen molar-refractivity contribution < 1.29 is 28.9 Å². The van der Waals surface area contributed by atoms with Gasteiger partial charge in [0.2, 0.25) is 0 Å². The van der Waals surface area contributed by atoms with Gasteiger partial charge in [0.05, 0.1) is 12.9 Å². The van der Waals surface area contributed by atoms with Gasteiger partial charge in [-0.3, -0.25) is 0 Å². The van der Waals surface area contributed by atoms with Gasteiger partial charge in [-0.2, -0.15) is 0 Å². The Bertz CT molecular complexity index is 286. The van der Waals surface area contributed by atoms with Crippen LogP contribution in [0.3, 0.4) is 0 Å². The third-order valence-corrected chi connectivity index (χ3v) is 2.05. The highest BCUT2D eigenvalue weighted by molar-refractivity contribution is 5.60. The normalized spacial score (nSPS) is 11.1. The highest BCUT2D eigenvalue weighted by Crippen LogP contribution is 2.08. The van der Waals surface area contributed by atoms with E-state index in [0.29, 0.717) is 12.8 Å². The average Bonchev–Trinajstić information content (AvgIpc) is 2.31. The first-order valence-corrected chi connectivity index (χ1v) is 5.56. The molecule has 1 unspecified atom stereocenters. The third kappa shape index (κ3) is 9.26. The van der Waals surface area contributed by atoms with Gasteiger partial charge in [-0.05, 0) is 25.7 Å². The van der Waals surface area contributed by atoms with Gasteiger partial charge in [-0.25, -0.2) is 9.59 Å². The number of unbranched alkanes of at least 4 members (excludes halogenated alkanes) is 2. The van der Waals surface area contributed by atoms with Crippen LogP contribution in [0.25, 0.3) is 0 Å². The fourth-order valence-corrected chi connectivity index (χ4v) is 1.24. The molecule has 6 nitrogen and oxygen atoms in total. The summed E-state index contributed by atoms with van der Waals surface area (Å²) in [5, 5.41) is 8.42. The van der Waals surface area contributed by atoms with E-state index in [0.717, 1.165) is 19.1 Å². The maximum Gasteiger partial charge on any atom is 0.513 e. The van der Waals surface area contributed by atoms with Gasteiger partial charge in [0, 0.05) is 0 Å². The van der Waals surface area contributed by atoms with E-state index in [1.165, 1.54) is 6.08 Å². The fourth-order valence-electron chi connectivity index (χ4n) is 1.24. The van der Waals surface area contributed by atoms with E-state index >= 15 is 0 Å². The largest absolute Gasteiger partial charge is 0.513 e. The molecule has 0 amide bonds. The van der Waals surface area contributed by atoms with E-state index in [1.54, 1.807) is 0 Å². The molecule has 0 aromatic carbocycles. The van der Waals surface area contributed by atoms with Crippen molar-refractivity contribution in [1.29, 1.82) is 0 Å². The Morgan fingerprint density at radius 1 is 1.22 bits per heavy atom. The summed E-state index contributed by atoms with van der Waals surface area (Å²) in [6.07, 6.45) is 2.65. The number of ether oxygens (including phenoxy) is 3. The average molecular weight is 258 g/mol. The van der Waals surface area contributed by atoms with Crippen LogP contribution in [0.5, 0.6) is 0 Å². The van der Waals surface area contributed by atoms with Crippen molar-refractivity contribution >= 4 is 12.3 Å². The number of carbonyl (C=O) groups excluding carboxylic acids is 1. The summed E-state index contributed by atoms with van der Waals surface area (Å²) in [5.74, 6) is 0. The van der Waals surface area contributed by atoms with Gasteiger partial charge in [0.1, 0.15) is 6.10 Å². The molecular weight excluding hydrogens is 240 g/mol. The van der Waals surface area contributed by atoms with Gasteiger partial charge >= 0.3 is 12.3 Å². The van der Waals surface area contributed by atoms with Crippen LogP contribution in [-0.2, 0) is 14.2 Å². The van der Waals surface area contributed by atoms with Crippen molar-refractivity contribution in [2.45, 2.75) is 31.8 Å². The lowest BCUT2D eigenvalue weighted by molar-refractivity contribution is 0.0641. The van der Waals surface area contributed by atoms with Crippen LogP contribution in [-0.4, -0.2) is 30.1 Å². The summed E-state index contributed by atoms with van der Waals surface area (Å²) >= 11 is 0. The Kier molecular flexibility index (Phi) is 9.07. The van der Waals surface area contributed by atoms with Gasteiger partial charge in [-0.1, -0.05) is 19.2 Å². The molecule has 1 N–H and O–H groups in total. The van der Waals surface area contributed by atoms with Gasteiger partial charge < -0.3 is 19.3 Å². The summed E-state index contributed by atoms with van der Waals surface area (Å²) in [6, 6.07) is 0. The molecule has 0 aliphatic carbocycles. The summed E-state index contributed by atoms with van der Waals surface area (Å²) in [4.78, 5) is 21.0. The molecule has 0 saturated heterocycles. The predicted octanol–water partition coefficient (Wildman–Crippen LogP) is 3.09. The van der Waals surface area contributed by atoms with Crippen LogP contribution in [0.4, 0.5) is 9.59 Å². The Morgan fingerprint density at radius 3 is 2.50 bits per heavy atom. The molecule has 0 aliphatic rings. The molecule has 0 radical (unpaired) electrons. The number of carboxylic acid groups (broad SMARTS) is 1. The fraction of sp³-hybridized carbons (Fsp3) is 0.500. The number of hydrogen-bond acceptors (Lipinski definition) is 5. The van der Waals surface area contributed by atoms with Crippen molar-refractivity contribution in [3.63, 3.8) is 0 Å². The van der Waals surface area contributed by atoms with E-state index < -0.39 is 18.4 Å². The summed E-state index contributed by atoms with van der Waals surface area (Å²) in [7, 11) is 0. The summed E-state index contributed by atoms with van der Waals surface area (Å²) in [6.45, 7) is 6.96. The zero-order valence-electron chi connectivity index (χ0n) is 10.2. The van der Waals surface area contributed by atoms with Crippen molar-refractivity contribution in [1.82, 2.24) is 0 Å². The van der Waals surface area contributed by atoms with Crippen LogP contribution in [0.2, 0.25) is 0 Å². The van der Waals surface area contributed by atoms with Gasteiger partial charge in [0.25, 0.3) is 0 Å². The van der Waals surface area contributed by atoms with E-state index in [9.17, 15) is 9.59 Å². The monoisotopic (exact) mass is 258 g/mol. The van der Waals surface area contributed by atoms with E-state index in [2.05, 4.69) is 22.6 Å². The number of hydrogen-bond donors (Lipinski definition) is 1. The molecule has 0 bridgehead atoms. The van der Waals surface area contributed by atoms with Crippen LogP contribution in [0.1, 0.15) is 25.7 Å². The van der Waals surface area contributed by atoms with E-state index in [4.69, 9.17) is 9.84 Å². The van der Waals surface area contributed by atoms with Gasteiger partial charge in [-0.15, -0.1) is 0 Å². The third-order valence-electron chi connectivity index (χ3n) is 2.05. The number of carbonyl (C=O) groups is 2. The first kappa shape index (κ1) is 16.0. The molecule has 18 heavy (non-hydrogen) atoms. The van der Waals surface area contributed by atoms with Crippen molar-refractivity contribution in [2.24, 2.45) is 0 Å². The summed E-state index contributed by atoms with van der Waals surface area (Å²) < 4.78 is 13.6. The topological polar surface area (TPSA) is 82.1 Å². The molecule has 0 aliphatic heterocycles. The molecule has 6 heteroatoms. The van der Waals surface area contributed by atoms with E-state index in [-0.39, 0.29) is 6.61 Å². The summed E-state index contributed by atoms with van der Waals surface area (Å²) in [5.41, 5.74) is 0. The second-order valence-electron chi connectivity index (χ2n) is 3.39. The molecule has 0 spiro atoms. The maximum absolute atomic E-state index is 10.7. The van der Waals surface area contributed by atoms with Crippen molar-refractivity contribution in [3.05, 3.63) is 25.5 Å². The van der Waals surface area contributed by atoms with Gasteiger partial charge in [0.15, 0.2) is 0 Å². The molecule has 0 aromatic rings. The SMILES string of the molecule is C=COC(=O)OCCCCCC(C=C)OC(=O)O. The minimum atomic E-state index is -1.31. The quantitative estimate of drug-likeness (QED) is 0.296. The molecule has 0 fully saturated rings. The lowest BCUT2D eigenvalue weighted by atomic mass is 10.1. The van der Waals surface area contributed by atoms with Crippen LogP contribution in [0.15, 0.2) is 25.5 Å². The smallest absolute Gasteiger partial charge is 0.450 e. The molecule has 1 atom stereocenters. The highest BCUT2D eigenvalue weighted by Gasteiger charge is 2.08. The molecule has 0 rings (SSSR count). The van der Waals surface area contributed by atoms with Crippen molar-refractivity contribution in [3.8, 4) is 0 Å².